The SMILES string of the molecule is COc1ccc2c(c1)N(C)C(I)=CC2NCCCCCCO. The van der Waals surface area contributed by atoms with Crippen molar-refractivity contribution in [3.05, 3.63) is 33.5 Å². The summed E-state index contributed by atoms with van der Waals surface area (Å²) in [5, 5.41) is 12.4. The molecule has 1 unspecified atom stereocenters. The highest BCUT2D eigenvalue weighted by atomic mass is 127. The van der Waals surface area contributed by atoms with E-state index >= 15 is 0 Å². The number of methoxy groups -OCH3 is 1. The van der Waals surface area contributed by atoms with Crippen molar-refractivity contribution in [1.82, 2.24) is 5.32 Å². The maximum Gasteiger partial charge on any atom is 0.120 e. The van der Waals surface area contributed by atoms with Crippen molar-refractivity contribution >= 4 is 28.3 Å². The second-order valence-corrected chi connectivity index (χ2v) is 6.65. The highest BCUT2D eigenvalue weighted by molar-refractivity contribution is 14.1. The Hall–Kier alpha value is -0.790. The minimum absolute atomic E-state index is 0.252. The molecule has 1 atom stereocenters. The molecule has 0 aliphatic carbocycles. The number of nitrogens with zero attached hydrogens (tertiary/aromatic N) is 1. The van der Waals surface area contributed by atoms with Gasteiger partial charge in [-0.25, -0.2) is 0 Å². The van der Waals surface area contributed by atoms with E-state index in [2.05, 4.69) is 58.1 Å². The van der Waals surface area contributed by atoms with Gasteiger partial charge < -0.3 is 20.1 Å². The summed E-state index contributed by atoms with van der Waals surface area (Å²) in [6, 6.07) is 6.51. The number of nitrogens with one attached hydrogen (secondary N) is 1. The molecule has 0 amide bonds. The number of fused-ring (bicyclic) bond motifs is 1. The molecule has 1 aromatic carbocycles. The van der Waals surface area contributed by atoms with Gasteiger partial charge in [-0.05, 0) is 59.7 Å². The molecule has 22 heavy (non-hydrogen) atoms. The summed E-state index contributed by atoms with van der Waals surface area (Å²) >= 11 is 2.38. The Bertz CT molecular complexity index is 519. The quantitative estimate of drug-likeness (QED) is 0.386. The zero-order chi connectivity index (χ0) is 15.9. The second-order valence-electron chi connectivity index (χ2n) is 5.54. The third kappa shape index (κ3) is 4.36. The molecular formula is C17H25IN2O2. The van der Waals surface area contributed by atoms with Crippen LogP contribution in [-0.2, 0) is 0 Å². The van der Waals surface area contributed by atoms with Crippen LogP contribution in [0.2, 0.25) is 0 Å². The van der Waals surface area contributed by atoms with Gasteiger partial charge in [-0.1, -0.05) is 18.9 Å². The molecule has 0 saturated carbocycles. The number of aliphatic hydroxyl groups is 1. The van der Waals surface area contributed by atoms with E-state index in [-0.39, 0.29) is 6.04 Å². The smallest absolute Gasteiger partial charge is 0.120 e. The van der Waals surface area contributed by atoms with Crippen LogP contribution in [0.25, 0.3) is 0 Å². The predicted octanol–water partition coefficient (Wildman–Crippen LogP) is 3.60. The van der Waals surface area contributed by atoms with E-state index in [1.165, 1.54) is 15.0 Å². The van der Waals surface area contributed by atoms with Crippen molar-refractivity contribution in [2.45, 2.75) is 31.7 Å². The van der Waals surface area contributed by atoms with Gasteiger partial charge in [-0.2, -0.15) is 0 Å². The van der Waals surface area contributed by atoms with Gasteiger partial charge in [0.25, 0.3) is 0 Å². The van der Waals surface area contributed by atoms with Crippen LogP contribution in [0.1, 0.15) is 37.3 Å². The van der Waals surface area contributed by atoms with E-state index in [0.29, 0.717) is 6.61 Å². The molecule has 0 fully saturated rings. The van der Waals surface area contributed by atoms with E-state index in [1.807, 2.05) is 6.07 Å². The van der Waals surface area contributed by atoms with Crippen LogP contribution < -0.4 is 15.0 Å². The van der Waals surface area contributed by atoms with E-state index in [9.17, 15) is 0 Å². The largest absolute Gasteiger partial charge is 0.497 e. The Labute approximate surface area is 146 Å². The first-order valence-electron chi connectivity index (χ1n) is 7.80. The standard InChI is InChI=1S/C17H25IN2O2/c1-20-16-11-13(22-2)7-8-14(16)15(12-17(20)18)19-9-5-3-4-6-10-21/h7-8,11-12,15,19,21H,3-6,9-10H2,1-2H3. The van der Waals surface area contributed by atoms with Crippen molar-refractivity contribution in [3.63, 3.8) is 0 Å². The molecule has 0 aromatic heterocycles. The lowest BCUT2D eigenvalue weighted by atomic mass is 10.0. The number of halogens is 1. The number of unbranched alkanes of at least 4 members (excludes halogenated alkanes) is 3. The first-order chi connectivity index (χ1) is 10.7. The predicted molar refractivity (Wildman–Crippen MR) is 99.8 cm³/mol. The van der Waals surface area contributed by atoms with E-state index < -0.39 is 0 Å². The third-order valence-corrected chi connectivity index (χ3v) is 5.09. The lowest BCUT2D eigenvalue weighted by Gasteiger charge is -2.31. The first-order valence-corrected chi connectivity index (χ1v) is 8.88. The number of rotatable bonds is 8. The number of benzene rings is 1. The van der Waals surface area contributed by atoms with Gasteiger partial charge in [0.1, 0.15) is 5.75 Å². The van der Waals surface area contributed by atoms with Crippen LogP contribution in [0.5, 0.6) is 5.75 Å². The summed E-state index contributed by atoms with van der Waals surface area (Å²) in [6.45, 7) is 1.30. The minimum atomic E-state index is 0.252. The average molecular weight is 416 g/mol. The molecule has 0 bridgehead atoms. The summed E-state index contributed by atoms with van der Waals surface area (Å²) in [5.74, 6) is 0.888. The topological polar surface area (TPSA) is 44.7 Å². The summed E-state index contributed by atoms with van der Waals surface area (Å²) in [4.78, 5) is 2.19. The molecule has 1 aliphatic rings. The van der Waals surface area contributed by atoms with Gasteiger partial charge in [-0.15, -0.1) is 0 Å². The van der Waals surface area contributed by atoms with Crippen molar-refractivity contribution in [1.29, 1.82) is 0 Å². The van der Waals surface area contributed by atoms with E-state index in [4.69, 9.17) is 9.84 Å². The fourth-order valence-corrected chi connectivity index (χ4v) is 3.29. The van der Waals surface area contributed by atoms with E-state index in [1.54, 1.807) is 7.11 Å². The van der Waals surface area contributed by atoms with Gasteiger partial charge in [0.2, 0.25) is 0 Å². The molecule has 2 N–H and O–H groups in total. The van der Waals surface area contributed by atoms with Crippen LogP contribution in [0.15, 0.2) is 28.0 Å². The van der Waals surface area contributed by atoms with Gasteiger partial charge in [0, 0.05) is 25.4 Å². The lowest BCUT2D eigenvalue weighted by molar-refractivity contribution is 0.282. The number of ether oxygens (including phenoxy) is 1. The van der Waals surface area contributed by atoms with Gasteiger partial charge >= 0.3 is 0 Å². The molecule has 122 valence electrons. The Balaban J connectivity index is 2.00. The van der Waals surface area contributed by atoms with Crippen LogP contribution in [-0.4, -0.2) is 32.4 Å². The molecule has 1 aromatic rings. The summed E-state index contributed by atoms with van der Waals surface area (Å²) < 4.78 is 6.56. The van der Waals surface area contributed by atoms with Crippen LogP contribution >= 0.6 is 22.6 Å². The summed E-state index contributed by atoms with van der Waals surface area (Å²) in [5.41, 5.74) is 2.49. The highest BCUT2D eigenvalue weighted by Crippen LogP contribution is 2.38. The maximum atomic E-state index is 8.79. The summed E-state index contributed by atoms with van der Waals surface area (Å²) in [7, 11) is 3.79. The van der Waals surface area contributed by atoms with E-state index in [0.717, 1.165) is 38.0 Å². The van der Waals surface area contributed by atoms with Gasteiger partial charge in [-0.3, -0.25) is 0 Å². The van der Waals surface area contributed by atoms with Crippen molar-refractivity contribution in [2.24, 2.45) is 0 Å². The first kappa shape index (κ1) is 17.6. The lowest BCUT2D eigenvalue weighted by Crippen LogP contribution is -2.28. The van der Waals surface area contributed by atoms with Crippen LogP contribution in [0, 0.1) is 0 Å². The number of hydrogen-bond acceptors (Lipinski definition) is 4. The molecule has 4 nitrogen and oxygen atoms in total. The maximum absolute atomic E-state index is 8.79. The molecular weight excluding hydrogens is 391 g/mol. The van der Waals surface area contributed by atoms with Crippen molar-refractivity contribution < 1.29 is 9.84 Å². The number of aliphatic hydroxyl groups excluding tert-OH is 1. The molecule has 1 aliphatic heterocycles. The average Bonchev–Trinajstić information content (AvgIpc) is 2.54. The molecule has 5 heteroatoms. The highest BCUT2D eigenvalue weighted by Gasteiger charge is 2.22. The van der Waals surface area contributed by atoms with Gasteiger partial charge in [0.05, 0.1) is 16.9 Å². The molecule has 0 radical (unpaired) electrons. The zero-order valence-corrected chi connectivity index (χ0v) is 15.5. The molecule has 0 saturated heterocycles. The summed E-state index contributed by atoms with van der Waals surface area (Å²) in [6.07, 6.45) is 6.59. The Morgan fingerprint density at radius 3 is 2.77 bits per heavy atom. The van der Waals surface area contributed by atoms with Crippen molar-refractivity contribution in [3.8, 4) is 5.75 Å². The second kappa shape index (κ2) is 8.74. The van der Waals surface area contributed by atoms with Crippen LogP contribution in [0.4, 0.5) is 5.69 Å². The van der Waals surface area contributed by atoms with Crippen LogP contribution in [0.3, 0.4) is 0 Å². The molecule has 0 spiro atoms. The Morgan fingerprint density at radius 1 is 1.27 bits per heavy atom. The van der Waals surface area contributed by atoms with Crippen molar-refractivity contribution in [2.75, 3.05) is 32.2 Å². The Kier molecular flexibility index (Phi) is 6.98. The fourth-order valence-electron chi connectivity index (χ4n) is 2.67. The normalized spacial score (nSPS) is 17.2. The van der Waals surface area contributed by atoms with Gasteiger partial charge in [0.15, 0.2) is 0 Å². The molecule has 2 rings (SSSR count). The third-order valence-electron chi connectivity index (χ3n) is 4.01. The fraction of sp³-hybridized carbons (Fsp3) is 0.529. The zero-order valence-electron chi connectivity index (χ0n) is 13.3. The number of hydrogen-bond donors (Lipinski definition) is 2. The minimum Gasteiger partial charge on any atom is -0.497 e. The number of anilines is 1. The molecule has 1 heterocycles. The Morgan fingerprint density at radius 2 is 2.05 bits per heavy atom. The monoisotopic (exact) mass is 416 g/mol.